The highest BCUT2D eigenvalue weighted by molar-refractivity contribution is 5.80. The second kappa shape index (κ2) is 55.8. The fourth-order valence-electron chi connectivity index (χ4n) is 9.48. The van der Waals surface area contributed by atoms with Crippen molar-refractivity contribution >= 4 is 11.9 Å². The molecule has 0 bridgehead atoms. The van der Waals surface area contributed by atoms with Crippen LogP contribution in [0.25, 0.3) is 0 Å². The van der Waals surface area contributed by atoms with Gasteiger partial charge in [-0.25, -0.2) is 0 Å². The van der Waals surface area contributed by atoms with Crippen LogP contribution in [0.4, 0.5) is 0 Å². The third kappa shape index (κ3) is 43.1. The molecule has 458 valence electrons. The molecular formula is C69H117NO10. The highest BCUT2D eigenvalue weighted by Crippen LogP contribution is 2.26. The Labute approximate surface area is 488 Å². The smallest absolute Gasteiger partial charge is 0.306 e. The van der Waals surface area contributed by atoms with E-state index in [9.17, 15) is 35.1 Å². The molecule has 1 saturated heterocycles. The molecule has 80 heavy (non-hydrogen) atoms. The molecule has 6 N–H and O–H groups in total. The molecule has 0 aromatic rings. The standard InChI is InChI=1S/C69H117NO10/c1-4-7-10-13-16-19-22-25-27-29-30-31-32-33-34-35-37-39-42-45-48-51-54-57-64(74)80-67-66(76)65(75)63(58-71)79-69(67)78-59-60(61(72)55-52-49-46-43-40-24-21-18-15-12-9-6-3)70-68(77)62(73)56-53-50-47-44-41-38-36-28-26-23-20-17-14-11-8-5-2/h8,11,14,16-17,19-20,23,25-28,36,38,41,44,52,55,60-63,65-67,69,71-73,75-76H,4-7,9-10,12-13,15,18,21-22,24,29-35,37,39-40,42-43,45-51,53-54,56-59H2,1-3H3,(H,70,77)/b11-8-,17-14+,19-16-,23-20+,27-25-,28-26-,38-36+,44-41+,55-52+. The summed E-state index contributed by atoms with van der Waals surface area (Å²) in [5, 5.41) is 57.0. The van der Waals surface area contributed by atoms with Gasteiger partial charge < -0.3 is 45.1 Å². The van der Waals surface area contributed by atoms with Gasteiger partial charge >= 0.3 is 5.97 Å². The minimum absolute atomic E-state index is 0.112. The van der Waals surface area contributed by atoms with E-state index < -0.39 is 67.4 Å². The first-order valence-corrected chi connectivity index (χ1v) is 32.2. The van der Waals surface area contributed by atoms with E-state index in [1.165, 1.54) is 135 Å². The molecule has 1 aliphatic rings. The minimum atomic E-state index is -1.63. The van der Waals surface area contributed by atoms with Crippen LogP contribution in [-0.2, 0) is 23.8 Å². The number of hydrogen-bond donors (Lipinski definition) is 6. The molecule has 0 radical (unpaired) electrons. The third-order valence-corrected chi connectivity index (χ3v) is 14.6. The zero-order chi connectivity index (χ0) is 58.2. The van der Waals surface area contributed by atoms with Crippen molar-refractivity contribution in [3.05, 3.63) is 109 Å². The quantitative estimate of drug-likeness (QED) is 0.0149. The number of esters is 1. The first-order chi connectivity index (χ1) is 39.2. The topological polar surface area (TPSA) is 175 Å². The van der Waals surface area contributed by atoms with E-state index in [0.717, 1.165) is 70.6 Å². The largest absolute Gasteiger partial charge is 0.454 e. The zero-order valence-electron chi connectivity index (χ0n) is 50.7. The summed E-state index contributed by atoms with van der Waals surface area (Å²) in [6.45, 7) is 5.59. The van der Waals surface area contributed by atoms with Crippen LogP contribution in [-0.4, -0.2) is 99.6 Å². The first-order valence-electron chi connectivity index (χ1n) is 32.2. The predicted octanol–water partition coefficient (Wildman–Crippen LogP) is 15.7. The zero-order valence-corrected chi connectivity index (χ0v) is 50.7. The van der Waals surface area contributed by atoms with Gasteiger partial charge in [0.25, 0.3) is 0 Å². The molecule has 8 atom stereocenters. The summed E-state index contributed by atoms with van der Waals surface area (Å²) >= 11 is 0. The van der Waals surface area contributed by atoms with Crippen LogP contribution >= 0.6 is 0 Å². The van der Waals surface area contributed by atoms with Crippen LogP contribution in [0.1, 0.15) is 252 Å². The Balaban J connectivity index is 2.66. The van der Waals surface area contributed by atoms with Crippen molar-refractivity contribution in [1.82, 2.24) is 5.32 Å². The highest BCUT2D eigenvalue weighted by atomic mass is 16.7. The molecule has 8 unspecified atom stereocenters. The maximum Gasteiger partial charge on any atom is 0.306 e. The van der Waals surface area contributed by atoms with Crippen LogP contribution in [0.3, 0.4) is 0 Å². The lowest BCUT2D eigenvalue weighted by molar-refractivity contribution is -0.305. The number of amides is 1. The molecule has 1 aliphatic heterocycles. The normalized spacial score (nSPS) is 19.5. The van der Waals surface area contributed by atoms with E-state index in [1.807, 2.05) is 72.9 Å². The summed E-state index contributed by atoms with van der Waals surface area (Å²) in [5.74, 6) is -1.25. The molecule has 0 aliphatic carbocycles. The van der Waals surface area contributed by atoms with Crippen molar-refractivity contribution in [3.63, 3.8) is 0 Å². The van der Waals surface area contributed by atoms with E-state index in [2.05, 4.69) is 56.5 Å². The van der Waals surface area contributed by atoms with Crippen molar-refractivity contribution in [2.75, 3.05) is 13.2 Å². The van der Waals surface area contributed by atoms with E-state index in [1.54, 1.807) is 6.08 Å². The Morgan fingerprint density at radius 1 is 0.512 bits per heavy atom. The number of ether oxygens (including phenoxy) is 3. The van der Waals surface area contributed by atoms with Crippen molar-refractivity contribution < 1.29 is 49.3 Å². The lowest BCUT2D eigenvalue weighted by Gasteiger charge is -2.41. The van der Waals surface area contributed by atoms with Crippen molar-refractivity contribution in [1.29, 1.82) is 0 Å². The lowest BCUT2D eigenvalue weighted by atomic mass is 9.99. The van der Waals surface area contributed by atoms with Gasteiger partial charge in [-0.3, -0.25) is 9.59 Å². The van der Waals surface area contributed by atoms with Crippen LogP contribution in [0.15, 0.2) is 109 Å². The summed E-state index contributed by atoms with van der Waals surface area (Å²) in [4.78, 5) is 26.6. The van der Waals surface area contributed by atoms with Gasteiger partial charge in [-0.2, -0.15) is 0 Å². The molecule has 11 nitrogen and oxygen atoms in total. The second-order valence-corrected chi connectivity index (χ2v) is 21.9. The summed E-state index contributed by atoms with van der Waals surface area (Å²) in [5.41, 5.74) is 0. The highest BCUT2D eigenvalue weighted by Gasteiger charge is 2.47. The van der Waals surface area contributed by atoms with Crippen molar-refractivity contribution in [2.24, 2.45) is 0 Å². The van der Waals surface area contributed by atoms with Crippen molar-refractivity contribution in [2.45, 2.75) is 301 Å². The third-order valence-electron chi connectivity index (χ3n) is 14.6. The number of unbranched alkanes of at least 4 members (excludes halogenated alkanes) is 28. The van der Waals surface area contributed by atoms with Crippen LogP contribution in [0, 0.1) is 0 Å². The average molecular weight is 1120 g/mol. The predicted molar refractivity (Wildman–Crippen MR) is 333 cm³/mol. The minimum Gasteiger partial charge on any atom is -0.454 e. The molecule has 1 rings (SSSR count). The Hall–Kier alpha value is -3.68. The summed E-state index contributed by atoms with van der Waals surface area (Å²) in [6, 6.07) is -1.05. The average Bonchev–Trinajstić information content (AvgIpc) is 3.46. The molecular weight excluding hydrogens is 1000 g/mol. The summed E-state index contributed by atoms with van der Waals surface area (Å²) in [7, 11) is 0. The van der Waals surface area contributed by atoms with Gasteiger partial charge in [0, 0.05) is 6.42 Å². The number of allylic oxidation sites excluding steroid dienone is 17. The summed E-state index contributed by atoms with van der Waals surface area (Å²) < 4.78 is 17.6. The number of aliphatic hydroxyl groups is 5. The lowest BCUT2D eigenvalue weighted by Crippen LogP contribution is -2.61. The molecule has 0 aromatic carbocycles. The van der Waals surface area contributed by atoms with E-state index >= 15 is 0 Å². The number of nitrogens with one attached hydrogen (secondary N) is 1. The molecule has 0 spiro atoms. The second-order valence-electron chi connectivity index (χ2n) is 21.9. The fourth-order valence-corrected chi connectivity index (χ4v) is 9.48. The van der Waals surface area contributed by atoms with E-state index in [-0.39, 0.29) is 19.4 Å². The maximum atomic E-state index is 13.4. The van der Waals surface area contributed by atoms with Gasteiger partial charge in [-0.15, -0.1) is 0 Å². The van der Waals surface area contributed by atoms with Gasteiger partial charge in [0.1, 0.15) is 24.4 Å². The van der Waals surface area contributed by atoms with Crippen LogP contribution < -0.4 is 5.32 Å². The Kier molecular flexibility index (Phi) is 51.9. The molecule has 1 amide bonds. The van der Waals surface area contributed by atoms with Gasteiger partial charge in [0.05, 0.1) is 25.4 Å². The van der Waals surface area contributed by atoms with E-state index in [0.29, 0.717) is 12.8 Å². The van der Waals surface area contributed by atoms with Crippen molar-refractivity contribution in [3.8, 4) is 0 Å². The molecule has 0 aromatic heterocycles. The fraction of sp³-hybridized carbons (Fsp3) is 0.710. The van der Waals surface area contributed by atoms with Gasteiger partial charge in [0.15, 0.2) is 12.4 Å². The maximum absolute atomic E-state index is 13.4. The number of aliphatic hydroxyl groups excluding tert-OH is 5. The molecule has 1 heterocycles. The Morgan fingerprint density at radius 3 is 1.48 bits per heavy atom. The van der Waals surface area contributed by atoms with Gasteiger partial charge in [-0.05, 0) is 77.0 Å². The number of rotatable bonds is 53. The molecule has 0 saturated carbocycles. The van der Waals surface area contributed by atoms with Gasteiger partial charge in [-0.1, -0.05) is 278 Å². The SMILES string of the molecule is CC\C=C/C=C/C=C/C=C\C=C\C=C\CCCCC(O)C(=O)NC(COC1OC(CO)C(O)C(O)C1OC(=O)CCCCCCCCCCCCCCC/C=C\C/C=C\CCCCC)C(O)/C=C/CCCCCCCCCCCC. The monoisotopic (exact) mass is 1120 g/mol. The number of hydrogen-bond acceptors (Lipinski definition) is 10. The Morgan fingerprint density at radius 2 is 0.950 bits per heavy atom. The molecule has 1 fully saturated rings. The number of carbonyl (C=O) groups excluding carboxylic acids is 2. The van der Waals surface area contributed by atoms with Crippen LogP contribution in [0.5, 0.6) is 0 Å². The summed E-state index contributed by atoms with van der Waals surface area (Å²) in [6.07, 6.45) is 65.5. The number of carbonyl (C=O) groups is 2. The van der Waals surface area contributed by atoms with E-state index in [4.69, 9.17) is 14.2 Å². The van der Waals surface area contributed by atoms with Crippen LogP contribution in [0.2, 0.25) is 0 Å². The molecule has 11 heteroatoms. The Bertz CT molecular complexity index is 1710. The van der Waals surface area contributed by atoms with Gasteiger partial charge in [0.2, 0.25) is 5.91 Å². The first kappa shape index (κ1) is 74.3.